The van der Waals surface area contributed by atoms with Crippen LogP contribution in [0.5, 0.6) is 0 Å². The molecular formula is C4H5BrF3NO. The maximum Gasteiger partial charge on any atom is 0.451 e. The van der Waals surface area contributed by atoms with Gasteiger partial charge >= 0.3 is 6.18 Å². The van der Waals surface area contributed by atoms with Gasteiger partial charge in [0.2, 0.25) is 0 Å². The largest absolute Gasteiger partial charge is 0.451 e. The topological polar surface area (TPSA) is 43.1 Å². The molecule has 0 rings (SSSR count). The third-order valence-electron chi connectivity index (χ3n) is 0.782. The van der Waals surface area contributed by atoms with Crippen LogP contribution in [0.2, 0.25) is 0 Å². The Morgan fingerprint density at radius 3 is 2.10 bits per heavy atom. The van der Waals surface area contributed by atoms with Crippen LogP contribution in [0.1, 0.15) is 0 Å². The van der Waals surface area contributed by atoms with Crippen LogP contribution >= 0.6 is 15.9 Å². The van der Waals surface area contributed by atoms with E-state index >= 15 is 0 Å². The van der Waals surface area contributed by atoms with Gasteiger partial charge in [-0.15, -0.1) is 0 Å². The van der Waals surface area contributed by atoms with Gasteiger partial charge in [0, 0.05) is 5.33 Å². The van der Waals surface area contributed by atoms with Crippen molar-refractivity contribution in [1.29, 1.82) is 0 Å². The van der Waals surface area contributed by atoms with Gasteiger partial charge in [0.25, 0.3) is 5.78 Å². The van der Waals surface area contributed by atoms with E-state index in [0.717, 1.165) is 0 Å². The number of hydrogen-bond acceptors (Lipinski definition) is 2. The quantitative estimate of drug-likeness (QED) is 0.700. The monoisotopic (exact) mass is 219 g/mol. The zero-order valence-corrected chi connectivity index (χ0v) is 6.37. The lowest BCUT2D eigenvalue weighted by Gasteiger charge is -2.08. The summed E-state index contributed by atoms with van der Waals surface area (Å²) < 4.78 is 34.3. The fraction of sp³-hybridized carbons (Fsp3) is 0.750. The first-order valence-electron chi connectivity index (χ1n) is 2.32. The second-order valence-electron chi connectivity index (χ2n) is 1.62. The number of carbonyl (C=O) groups excluding carboxylic acids is 1. The number of Topliss-reactive ketones (excluding diaryl/α,β-unsaturated/α-hetero) is 1. The van der Waals surface area contributed by atoms with Crippen molar-refractivity contribution in [2.45, 2.75) is 12.2 Å². The van der Waals surface area contributed by atoms with Gasteiger partial charge in [0.1, 0.15) is 0 Å². The van der Waals surface area contributed by atoms with Crippen molar-refractivity contribution < 1.29 is 18.0 Å². The smallest absolute Gasteiger partial charge is 0.321 e. The summed E-state index contributed by atoms with van der Waals surface area (Å²) in [7, 11) is 0. The van der Waals surface area contributed by atoms with Crippen LogP contribution in [-0.4, -0.2) is 23.3 Å². The second-order valence-corrected chi connectivity index (χ2v) is 2.27. The molecule has 0 aromatic rings. The van der Waals surface area contributed by atoms with E-state index in [-0.39, 0.29) is 5.33 Å². The Labute approximate surface area is 63.7 Å². The van der Waals surface area contributed by atoms with Crippen LogP contribution in [-0.2, 0) is 4.79 Å². The number of carbonyl (C=O) groups is 1. The van der Waals surface area contributed by atoms with E-state index in [1.54, 1.807) is 0 Å². The predicted molar refractivity (Wildman–Crippen MR) is 32.8 cm³/mol. The maximum atomic E-state index is 11.4. The van der Waals surface area contributed by atoms with Gasteiger partial charge in [-0.05, 0) is 0 Å². The summed E-state index contributed by atoms with van der Waals surface area (Å²) in [4.78, 5) is 10.1. The third-order valence-corrected chi connectivity index (χ3v) is 1.48. The Morgan fingerprint density at radius 1 is 1.60 bits per heavy atom. The van der Waals surface area contributed by atoms with Gasteiger partial charge in [-0.1, -0.05) is 15.9 Å². The molecule has 1 atom stereocenters. The van der Waals surface area contributed by atoms with Crippen LogP contribution in [0.15, 0.2) is 0 Å². The minimum absolute atomic E-state index is 0.175. The van der Waals surface area contributed by atoms with E-state index in [9.17, 15) is 18.0 Å². The van der Waals surface area contributed by atoms with E-state index in [2.05, 4.69) is 15.9 Å². The number of ketones is 1. The molecule has 0 aliphatic carbocycles. The molecule has 2 N–H and O–H groups in total. The Bertz CT molecular complexity index is 135. The van der Waals surface area contributed by atoms with Crippen molar-refractivity contribution in [2.75, 3.05) is 5.33 Å². The average Bonchev–Trinajstić information content (AvgIpc) is 1.83. The van der Waals surface area contributed by atoms with Gasteiger partial charge in [-0.3, -0.25) is 4.79 Å². The van der Waals surface area contributed by atoms with Crippen molar-refractivity contribution >= 4 is 21.7 Å². The maximum absolute atomic E-state index is 11.4. The summed E-state index contributed by atoms with van der Waals surface area (Å²) in [5, 5.41) is -0.175. The lowest BCUT2D eigenvalue weighted by Crippen LogP contribution is -2.41. The Kier molecular flexibility index (Phi) is 3.30. The molecule has 0 saturated heterocycles. The molecule has 6 heteroatoms. The highest BCUT2D eigenvalue weighted by molar-refractivity contribution is 9.09. The summed E-state index contributed by atoms with van der Waals surface area (Å²) in [6, 6.07) is -1.49. The molecule has 2 nitrogen and oxygen atoms in total. The summed E-state index contributed by atoms with van der Waals surface area (Å²) in [5.74, 6) is -1.90. The van der Waals surface area contributed by atoms with Crippen molar-refractivity contribution in [3.05, 3.63) is 0 Å². The lowest BCUT2D eigenvalue weighted by atomic mass is 10.2. The van der Waals surface area contributed by atoms with Crippen molar-refractivity contribution in [3.63, 3.8) is 0 Å². The minimum Gasteiger partial charge on any atom is -0.321 e. The van der Waals surface area contributed by atoms with E-state index in [4.69, 9.17) is 5.73 Å². The van der Waals surface area contributed by atoms with Crippen molar-refractivity contribution in [1.82, 2.24) is 0 Å². The summed E-state index contributed by atoms with van der Waals surface area (Å²) >= 11 is 2.66. The molecule has 0 heterocycles. The molecule has 0 aliphatic heterocycles. The average molecular weight is 220 g/mol. The van der Waals surface area contributed by atoms with E-state index in [0.29, 0.717) is 0 Å². The van der Waals surface area contributed by atoms with Gasteiger partial charge in [0.05, 0.1) is 6.04 Å². The first-order valence-corrected chi connectivity index (χ1v) is 3.44. The molecule has 0 aromatic heterocycles. The van der Waals surface area contributed by atoms with Crippen LogP contribution < -0.4 is 5.73 Å². The molecule has 0 bridgehead atoms. The fourth-order valence-corrected chi connectivity index (χ4v) is 0.574. The second kappa shape index (κ2) is 3.34. The number of hydrogen-bond donors (Lipinski definition) is 1. The Balaban J connectivity index is 4.09. The van der Waals surface area contributed by atoms with Gasteiger partial charge in [-0.25, -0.2) is 0 Å². The summed E-state index contributed by atoms with van der Waals surface area (Å²) in [6.07, 6.45) is -4.81. The highest BCUT2D eigenvalue weighted by atomic mass is 79.9. The SMILES string of the molecule is NC(CBr)C(=O)C(F)(F)F. The molecule has 0 spiro atoms. The summed E-state index contributed by atoms with van der Waals surface area (Å²) in [6.45, 7) is 0. The summed E-state index contributed by atoms with van der Waals surface area (Å²) in [5.41, 5.74) is 4.79. The Hall–Kier alpha value is -0.100. The van der Waals surface area contributed by atoms with E-state index < -0.39 is 18.0 Å². The first kappa shape index (κ1) is 9.90. The number of rotatable bonds is 2. The third kappa shape index (κ3) is 2.66. The molecule has 0 aliphatic rings. The van der Waals surface area contributed by atoms with Crippen LogP contribution in [0, 0.1) is 0 Å². The molecule has 0 saturated carbocycles. The molecule has 0 radical (unpaired) electrons. The van der Waals surface area contributed by atoms with Crippen LogP contribution in [0.4, 0.5) is 13.2 Å². The van der Waals surface area contributed by atoms with Gasteiger partial charge in [-0.2, -0.15) is 13.2 Å². The first-order chi connectivity index (χ1) is 4.39. The standard InChI is InChI=1S/C4H5BrF3NO/c5-1-2(9)3(10)4(6,7)8/h2H,1,9H2. The zero-order chi connectivity index (χ0) is 8.36. The predicted octanol–water partition coefficient (Wildman–Crippen LogP) is 0.840. The Morgan fingerprint density at radius 2 is 2.00 bits per heavy atom. The van der Waals surface area contributed by atoms with Crippen molar-refractivity contribution in [2.24, 2.45) is 5.73 Å². The molecule has 0 aromatic carbocycles. The number of alkyl halides is 4. The van der Waals surface area contributed by atoms with E-state index in [1.807, 2.05) is 0 Å². The highest BCUT2D eigenvalue weighted by Gasteiger charge is 2.41. The number of nitrogens with two attached hydrogens (primary N) is 1. The molecule has 0 amide bonds. The highest BCUT2D eigenvalue weighted by Crippen LogP contribution is 2.17. The number of halogens is 4. The minimum atomic E-state index is -4.81. The molecule has 0 fully saturated rings. The van der Waals surface area contributed by atoms with Crippen molar-refractivity contribution in [3.8, 4) is 0 Å². The van der Waals surface area contributed by atoms with Crippen LogP contribution in [0.3, 0.4) is 0 Å². The lowest BCUT2D eigenvalue weighted by molar-refractivity contribution is -0.171. The van der Waals surface area contributed by atoms with Gasteiger partial charge in [0.15, 0.2) is 0 Å². The van der Waals surface area contributed by atoms with Gasteiger partial charge < -0.3 is 5.73 Å². The molecular weight excluding hydrogens is 215 g/mol. The van der Waals surface area contributed by atoms with Crippen LogP contribution in [0.25, 0.3) is 0 Å². The zero-order valence-electron chi connectivity index (χ0n) is 4.78. The normalized spacial score (nSPS) is 14.9. The molecule has 60 valence electrons. The van der Waals surface area contributed by atoms with E-state index in [1.165, 1.54) is 0 Å². The molecule has 1 unspecified atom stereocenters. The molecule has 10 heavy (non-hydrogen) atoms. The fourth-order valence-electron chi connectivity index (χ4n) is 0.280.